The van der Waals surface area contributed by atoms with Crippen molar-refractivity contribution >= 4 is 40.6 Å². The number of carbonyl (C=O) groups excluding carboxylic acids is 3. The SMILES string of the molecule is C=C(C[C@H](NC(=O)c1ccc(CCc2c[nH]c3nc(N)nc(N)c23)cc1)C(=O)[O-])C(=O)[O-].[Na+].[Na+]. The average Bonchev–Trinajstić information content (AvgIpc) is 3.14. The fraction of sp³-hybridized carbons (Fsp3) is 0.190. The maximum absolute atomic E-state index is 12.3. The van der Waals surface area contributed by atoms with E-state index in [1.807, 2.05) is 0 Å². The first-order chi connectivity index (χ1) is 15.2. The third-order valence-corrected chi connectivity index (χ3v) is 4.89. The molecule has 1 aromatic carbocycles. The number of anilines is 2. The molecule has 0 bridgehead atoms. The van der Waals surface area contributed by atoms with Crippen molar-refractivity contribution < 1.29 is 83.7 Å². The number of benzene rings is 1. The Kier molecular flexibility index (Phi) is 11.2. The van der Waals surface area contributed by atoms with E-state index in [9.17, 15) is 24.6 Å². The van der Waals surface area contributed by atoms with Crippen LogP contribution in [-0.2, 0) is 22.4 Å². The number of carboxylic acid groups (broad SMARTS) is 2. The van der Waals surface area contributed by atoms with Gasteiger partial charge in [-0.15, -0.1) is 0 Å². The van der Waals surface area contributed by atoms with Crippen LogP contribution in [-0.4, -0.2) is 38.8 Å². The second-order valence-electron chi connectivity index (χ2n) is 7.14. The molecule has 3 aromatic rings. The van der Waals surface area contributed by atoms with Crippen molar-refractivity contribution in [1.29, 1.82) is 0 Å². The zero-order valence-electron chi connectivity index (χ0n) is 18.9. The van der Waals surface area contributed by atoms with E-state index in [4.69, 9.17) is 11.5 Å². The summed E-state index contributed by atoms with van der Waals surface area (Å²) in [5, 5.41) is 24.9. The molecule has 34 heavy (non-hydrogen) atoms. The molecule has 0 radical (unpaired) electrons. The van der Waals surface area contributed by atoms with Crippen LogP contribution >= 0.6 is 0 Å². The molecule has 13 heteroatoms. The molecule has 0 unspecified atom stereocenters. The van der Waals surface area contributed by atoms with Crippen molar-refractivity contribution in [2.75, 3.05) is 11.5 Å². The van der Waals surface area contributed by atoms with E-state index in [0.717, 1.165) is 11.1 Å². The minimum atomic E-state index is -1.62. The van der Waals surface area contributed by atoms with E-state index < -0.39 is 35.9 Å². The van der Waals surface area contributed by atoms with Crippen LogP contribution in [0, 0.1) is 0 Å². The van der Waals surface area contributed by atoms with Gasteiger partial charge in [-0.25, -0.2) is 0 Å². The molecule has 0 fully saturated rings. The molecule has 0 aliphatic heterocycles. The number of hydrogen-bond donors (Lipinski definition) is 4. The normalized spacial score (nSPS) is 11.1. The number of nitrogen functional groups attached to an aromatic ring is 2. The summed E-state index contributed by atoms with van der Waals surface area (Å²) in [5.74, 6) is -3.53. The molecule has 166 valence electrons. The molecule has 0 saturated heterocycles. The topological polar surface area (TPSA) is 203 Å². The van der Waals surface area contributed by atoms with Gasteiger partial charge in [0, 0.05) is 11.8 Å². The van der Waals surface area contributed by atoms with Crippen LogP contribution in [0.25, 0.3) is 11.0 Å². The maximum Gasteiger partial charge on any atom is 1.00 e. The molecule has 2 aromatic heterocycles. The van der Waals surface area contributed by atoms with Gasteiger partial charge in [0.2, 0.25) is 5.95 Å². The average molecular weight is 482 g/mol. The largest absolute Gasteiger partial charge is 1.00 e. The van der Waals surface area contributed by atoms with Crippen molar-refractivity contribution in [3.63, 3.8) is 0 Å². The third-order valence-electron chi connectivity index (χ3n) is 4.89. The van der Waals surface area contributed by atoms with E-state index in [1.165, 1.54) is 12.1 Å². The molecule has 11 nitrogen and oxygen atoms in total. The quantitative estimate of drug-likeness (QED) is 0.169. The third kappa shape index (κ3) is 7.29. The van der Waals surface area contributed by atoms with Crippen molar-refractivity contribution in [3.05, 3.63) is 59.3 Å². The zero-order chi connectivity index (χ0) is 23.4. The van der Waals surface area contributed by atoms with Gasteiger partial charge in [-0.3, -0.25) is 4.79 Å². The summed E-state index contributed by atoms with van der Waals surface area (Å²) in [7, 11) is 0. The Labute approximate surface area is 239 Å². The van der Waals surface area contributed by atoms with Gasteiger partial charge >= 0.3 is 59.1 Å². The van der Waals surface area contributed by atoms with Crippen LogP contribution in [0.2, 0.25) is 0 Å². The minimum Gasteiger partial charge on any atom is -0.548 e. The summed E-state index contributed by atoms with van der Waals surface area (Å²) >= 11 is 0. The van der Waals surface area contributed by atoms with Crippen LogP contribution in [0.15, 0.2) is 42.6 Å². The van der Waals surface area contributed by atoms with Crippen LogP contribution in [0.1, 0.15) is 27.9 Å². The molecule has 3 rings (SSSR count). The summed E-state index contributed by atoms with van der Waals surface area (Å²) in [6, 6.07) is 5.00. The van der Waals surface area contributed by atoms with Gasteiger partial charge in [0.1, 0.15) is 11.5 Å². The number of fused-ring (bicyclic) bond motifs is 1. The summed E-state index contributed by atoms with van der Waals surface area (Å²) in [6.07, 6.45) is 2.52. The Morgan fingerprint density at radius 2 is 1.71 bits per heavy atom. The number of aliphatic carboxylic acids is 2. The van der Waals surface area contributed by atoms with Crippen LogP contribution in [0.4, 0.5) is 11.8 Å². The number of aryl methyl sites for hydroxylation is 2. The molecular formula is C21H20N6Na2O5. The maximum atomic E-state index is 12.3. The van der Waals surface area contributed by atoms with Crippen molar-refractivity contribution in [3.8, 4) is 0 Å². The van der Waals surface area contributed by atoms with E-state index in [1.54, 1.807) is 18.3 Å². The summed E-state index contributed by atoms with van der Waals surface area (Å²) in [5.41, 5.74) is 13.7. The molecule has 0 saturated carbocycles. The van der Waals surface area contributed by atoms with Crippen molar-refractivity contribution in [2.24, 2.45) is 0 Å². The second-order valence-corrected chi connectivity index (χ2v) is 7.14. The number of aromatic nitrogens is 3. The van der Waals surface area contributed by atoms with Crippen molar-refractivity contribution in [1.82, 2.24) is 20.3 Å². The Morgan fingerprint density at radius 1 is 1.06 bits per heavy atom. The van der Waals surface area contributed by atoms with Crippen molar-refractivity contribution in [2.45, 2.75) is 25.3 Å². The van der Waals surface area contributed by atoms with Crippen LogP contribution in [0.5, 0.6) is 0 Å². The van der Waals surface area contributed by atoms with Crippen LogP contribution in [0.3, 0.4) is 0 Å². The molecule has 0 aliphatic rings. The molecule has 1 amide bonds. The second kappa shape index (κ2) is 12.9. The van der Waals surface area contributed by atoms with Gasteiger partial charge in [-0.1, -0.05) is 18.7 Å². The van der Waals surface area contributed by atoms with E-state index in [-0.39, 0.29) is 70.6 Å². The number of nitrogens with one attached hydrogen (secondary N) is 2. The first kappa shape index (κ1) is 29.6. The van der Waals surface area contributed by atoms with Gasteiger partial charge in [-0.05, 0) is 48.1 Å². The number of nitrogens with zero attached hydrogens (tertiary/aromatic N) is 2. The molecule has 0 aliphatic carbocycles. The number of carbonyl (C=O) groups is 3. The molecule has 2 heterocycles. The Balaban J connectivity index is 0.00000289. The zero-order valence-corrected chi connectivity index (χ0v) is 22.9. The Hall–Kier alpha value is -2.41. The van der Waals surface area contributed by atoms with Gasteiger partial charge in [0.05, 0.1) is 23.4 Å². The van der Waals surface area contributed by atoms with Gasteiger partial charge in [-0.2, -0.15) is 9.97 Å². The number of hydrogen-bond acceptors (Lipinski definition) is 9. The number of nitrogens with two attached hydrogens (primary N) is 2. The first-order valence-corrected chi connectivity index (χ1v) is 9.54. The molecule has 0 spiro atoms. The smallest absolute Gasteiger partial charge is 0.548 e. The van der Waals surface area contributed by atoms with Gasteiger partial charge in [0.25, 0.3) is 5.91 Å². The minimum absolute atomic E-state index is 0. The predicted molar refractivity (Wildman–Crippen MR) is 112 cm³/mol. The molecular weight excluding hydrogens is 462 g/mol. The monoisotopic (exact) mass is 482 g/mol. The van der Waals surface area contributed by atoms with Gasteiger partial charge in [0.15, 0.2) is 0 Å². The number of amides is 1. The van der Waals surface area contributed by atoms with E-state index in [2.05, 4.69) is 26.8 Å². The Morgan fingerprint density at radius 3 is 2.29 bits per heavy atom. The van der Waals surface area contributed by atoms with Crippen LogP contribution < -0.4 is 86.1 Å². The first-order valence-electron chi connectivity index (χ1n) is 9.54. The number of carboxylic acids is 2. The fourth-order valence-corrected chi connectivity index (χ4v) is 3.21. The number of H-pyrrole nitrogens is 1. The molecule has 6 N–H and O–H groups in total. The predicted octanol–water partition coefficient (Wildman–Crippen LogP) is -7.54. The summed E-state index contributed by atoms with van der Waals surface area (Å²) < 4.78 is 0. The van der Waals surface area contributed by atoms with E-state index >= 15 is 0 Å². The standard InChI is InChI=1S/C21H22N6O5.2Na/c1-10(19(29)30)8-14(20(31)32)25-18(28)12-5-2-11(3-6-12)4-7-13-9-24-17-15(13)16(22)26-21(23)27-17;;/h2-3,5-6,9,14H,1,4,7-8H2,(H,25,28)(H,29,30)(H,31,32)(H5,22,23,24,26,27);;/q;2*+1/p-2/t14-;;/m0../s1. The summed E-state index contributed by atoms with van der Waals surface area (Å²) in [4.78, 5) is 45.4. The fourth-order valence-electron chi connectivity index (χ4n) is 3.21. The summed E-state index contributed by atoms with van der Waals surface area (Å²) in [6.45, 7) is 3.21. The van der Waals surface area contributed by atoms with Gasteiger partial charge < -0.3 is 41.6 Å². The number of rotatable bonds is 9. The Bertz CT molecular complexity index is 1210. The van der Waals surface area contributed by atoms with E-state index in [0.29, 0.717) is 29.7 Å². The molecule has 1 atom stereocenters. The number of aromatic amines is 1.